The normalized spacial score (nSPS) is 16.2. The van der Waals surface area contributed by atoms with E-state index >= 15 is 0 Å². The highest BCUT2D eigenvalue weighted by atomic mass is 16.2. The molecule has 6 heteroatoms. The Balaban J connectivity index is 1.92. The lowest BCUT2D eigenvalue weighted by Gasteiger charge is -2.24. The minimum atomic E-state index is -0.484. The van der Waals surface area contributed by atoms with Gasteiger partial charge in [-0.1, -0.05) is 30.3 Å². The summed E-state index contributed by atoms with van der Waals surface area (Å²) in [6, 6.07) is 9.69. The highest BCUT2D eigenvalue weighted by Crippen LogP contribution is 2.17. The van der Waals surface area contributed by atoms with Gasteiger partial charge in [-0.3, -0.25) is 10.1 Å². The molecule has 3 amide bonds. The molecule has 1 aliphatic heterocycles. The summed E-state index contributed by atoms with van der Waals surface area (Å²) in [5.74, 6) is -0.332. The molecule has 1 aromatic carbocycles. The van der Waals surface area contributed by atoms with Crippen LogP contribution >= 0.6 is 0 Å². The lowest BCUT2D eigenvalue weighted by Crippen LogP contribution is -2.44. The van der Waals surface area contributed by atoms with Gasteiger partial charge < -0.3 is 15.5 Å². The SMILES string of the molecule is CNC(=O)NC(=O)CN[C@@H](CN1CCCC1)c1ccccc1. The van der Waals surface area contributed by atoms with Crippen LogP contribution in [-0.4, -0.2) is 50.1 Å². The number of hydrogen-bond acceptors (Lipinski definition) is 4. The molecule has 3 N–H and O–H groups in total. The topological polar surface area (TPSA) is 73.5 Å². The summed E-state index contributed by atoms with van der Waals surface area (Å²) in [4.78, 5) is 25.3. The van der Waals surface area contributed by atoms with E-state index < -0.39 is 6.03 Å². The molecule has 0 aromatic heterocycles. The Morgan fingerprint density at radius 3 is 2.50 bits per heavy atom. The number of carbonyl (C=O) groups is 2. The number of urea groups is 1. The number of benzene rings is 1. The fraction of sp³-hybridized carbons (Fsp3) is 0.500. The summed E-state index contributed by atoms with van der Waals surface area (Å²) in [6.07, 6.45) is 2.47. The second kappa shape index (κ2) is 8.51. The van der Waals surface area contributed by atoms with Gasteiger partial charge in [0, 0.05) is 19.6 Å². The fourth-order valence-corrected chi connectivity index (χ4v) is 2.65. The van der Waals surface area contributed by atoms with Crippen molar-refractivity contribution in [3.63, 3.8) is 0 Å². The van der Waals surface area contributed by atoms with Gasteiger partial charge in [0.15, 0.2) is 0 Å². The number of hydrogen-bond donors (Lipinski definition) is 3. The van der Waals surface area contributed by atoms with E-state index in [-0.39, 0.29) is 18.5 Å². The molecule has 22 heavy (non-hydrogen) atoms. The molecule has 0 radical (unpaired) electrons. The van der Waals surface area contributed by atoms with Crippen molar-refractivity contribution < 1.29 is 9.59 Å². The Labute approximate surface area is 131 Å². The van der Waals surface area contributed by atoms with Gasteiger partial charge in [-0.25, -0.2) is 4.79 Å². The Hall–Kier alpha value is -1.92. The summed E-state index contributed by atoms with van der Waals surface area (Å²) < 4.78 is 0. The third-order valence-electron chi connectivity index (χ3n) is 3.83. The van der Waals surface area contributed by atoms with Gasteiger partial charge in [-0.15, -0.1) is 0 Å². The van der Waals surface area contributed by atoms with Gasteiger partial charge in [-0.05, 0) is 31.5 Å². The van der Waals surface area contributed by atoms with Crippen molar-refractivity contribution in [1.82, 2.24) is 20.9 Å². The largest absolute Gasteiger partial charge is 0.341 e. The molecular weight excluding hydrogens is 280 g/mol. The van der Waals surface area contributed by atoms with Gasteiger partial charge in [0.2, 0.25) is 5.91 Å². The zero-order valence-corrected chi connectivity index (χ0v) is 13.0. The average Bonchev–Trinajstić information content (AvgIpc) is 3.05. The van der Waals surface area contributed by atoms with E-state index in [4.69, 9.17) is 0 Å². The number of imide groups is 1. The number of likely N-dealkylation sites (tertiary alicyclic amines) is 1. The lowest BCUT2D eigenvalue weighted by molar-refractivity contribution is -0.119. The molecule has 1 aliphatic rings. The molecule has 120 valence electrons. The van der Waals surface area contributed by atoms with Crippen LogP contribution in [0, 0.1) is 0 Å². The maximum Gasteiger partial charge on any atom is 0.321 e. The van der Waals surface area contributed by atoms with Crippen molar-refractivity contribution in [2.75, 3.05) is 33.2 Å². The van der Waals surface area contributed by atoms with Gasteiger partial charge in [0.05, 0.1) is 6.54 Å². The molecule has 1 aromatic rings. The van der Waals surface area contributed by atoms with Crippen LogP contribution in [0.1, 0.15) is 24.4 Å². The van der Waals surface area contributed by atoms with Crippen LogP contribution in [0.15, 0.2) is 30.3 Å². The predicted molar refractivity (Wildman–Crippen MR) is 85.5 cm³/mol. The third-order valence-corrected chi connectivity index (χ3v) is 3.83. The Morgan fingerprint density at radius 1 is 1.18 bits per heavy atom. The van der Waals surface area contributed by atoms with E-state index in [9.17, 15) is 9.59 Å². The van der Waals surface area contributed by atoms with E-state index in [2.05, 4.69) is 33.0 Å². The smallest absolute Gasteiger partial charge is 0.321 e. The standard InChI is InChI=1S/C16H24N4O2/c1-17-16(22)19-15(21)11-18-14(12-20-9-5-6-10-20)13-7-3-2-4-8-13/h2-4,7-8,14,18H,5-6,9-12H2,1H3,(H2,17,19,21,22)/t14-/m0/s1. The van der Waals surface area contributed by atoms with Crippen molar-refractivity contribution in [3.05, 3.63) is 35.9 Å². The van der Waals surface area contributed by atoms with Crippen molar-refractivity contribution in [2.45, 2.75) is 18.9 Å². The van der Waals surface area contributed by atoms with E-state index in [1.165, 1.54) is 19.9 Å². The molecule has 0 unspecified atom stereocenters. The number of carbonyl (C=O) groups excluding carboxylic acids is 2. The molecule has 0 saturated carbocycles. The molecule has 1 heterocycles. The van der Waals surface area contributed by atoms with Gasteiger partial charge in [0.25, 0.3) is 0 Å². The number of rotatable bonds is 6. The van der Waals surface area contributed by atoms with Crippen LogP contribution < -0.4 is 16.0 Å². The summed E-state index contributed by atoms with van der Waals surface area (Å²) >= 11 is 0. The minimum Gasteiger partial charge on any atom is -0.341 e. The zero-order valence-electron chi connectivity index (χ0n) is 13.0. The Kier molecular flexibility index (Phi) is 6.36. The third kappa shape index (κ3) is 5.13. The first-order valence-corrected chi connectivity index (χ1v) is 7.71. The van der Waals surface area contributed by atoms with Crippen LogP contribution in [0.5, 0.6) is 0 Å². The molecule has 0 spiro atoms. The first-order chi connectivity index (χ1) is 10.7. The zero-order chi connectivity index (χ0) is 15.8. The van der Waals surface area contributed by atoms with Gasteiger partial charge >= 0.3 is 6.03 Å². The van der Waals surface area contributed by atoms with E-state index in [1.54, 1.807) is 0 Å². The minimum absolute atomic E-state index is 0.0785. The van der Waals surface area contributed by atoms with Crippen LogP contribution in [0.4, 0.5) is 4.79 Å². The molecule has 0 bridgehead atoms. The average molecular weight is 304 g/mol. The molecule has 6 nitrogen and oxygen atoms in total. The van der Waals surface area contributed by atoms with Crippen molar-refractivity contribution in [2.24, 2.45) is 0 Å². The quantitative estimate of drug-likeness (QED) is 0.729. The number of nitrogens with one attached hydrogen (secondary N) is 3. The highest BCUT2D eigenvalue weighted by Gasteiger charge is 2.19. The summed E-state index contributed by atoms with van der Waals surface area (Å²) in [5, 5.41) is 7.89. The fourth-order valence-electron chi connectivity index (χ4n) is 2.65. The molecule has 1 fully saturated rings. The summed E-state index contributed by atoms with van der Waals surface area (Å²) in [6.45, 7) is 3.20. The molecule has 2 rings (SSSR count). The Bertz CT molecular complexity index is 486. The lowest BCUT2D eigenvalue weighted by atomic mass is 10.1. The van der Waals surface area contributed by atoms with E-state index in [0.717, 1.165) is 25.2 Å². The van der Waals surface area contributed by atoms with E-state index in [0.29, 0.717) is 0 Å². The van der Waals surface area contributed by atoms with Crippen molar-refractivity contribution in [1.29, 1.82) is 0 Å². The first-order valence-electron chi connectivity index (χ1n) is 7.71. The maximum absolute atomic E-state index is 11.7. The van der Waals surface area contributed by atoms with E-state index in [1.807, 2.05) is 18.2 Å². The highest BCUT2D eigenvalue weighted by molar-refractivity contribution is 5.95. The monoisotopic (exact) mass is 304 g/mol. The number of amides is 3. The summed E-state index contributed by atoms with van der Waals surface area (Å²) in [7, 11) is 1.48. The summed E-state index contributed by atoms with van der Waals surface area (Å²) in [5.41, 5.74) is 1.15. The van der Waals surface area contributed by atoms with Crippen molar-refractivity contribution in [3.8, 4) is 0 Å². The first kappa shape index (κ1) is 16.5. The number of nitrogens with zero attached hydrogens (tertiary/aromatic N) is 1. The van der Waals surface area contributed by atoms with Gasteiger partial charge in [0.1, 0.15) is 0 Å². The van der Waals surface area contributed by atoms with Crippen LogP contribution in [0.25, 0.3) is 0 Å². The Morgan fingerprint density at radius 2 is 1.86 bits per heavy atom. The second-order valence-corrected chi connectivity index (χ2v) is 5.48. The molecule has 1 saturated heterocycles. The van der Waals surface area contributed by atoms with Gasteiger partial charge in [-0.2, -0.15) is 0 Å². The molecular formula is C16H24N4O2. The second-order valence-electron chi connectivity index (χ2n) is 5.48. The molecule has 0 aliphatic carbocycles. The predicted octanol–water partition coefficient (Wildman–Crippen LogP) is 0.869. The molecule has 1 atom stereocenters. The maximum atomic E-state index is 11.7. The van der Waals surface area contributed by atoms with Crippen molar-refractivity contribution >= 4 is 11.9 Å². The van der Waals surface area contributed by atoms with Crippen LogP contribution in [0.3, 0.4) is 0 Å². The van der Waals surface area contributed by atoms with Crippen LogP contribution in [-0.2, 0) is 4.79 Å². The van der Waals surface area contributed by atoms with Crippen LogP contribution in [0.2, 0.25) is 0 Å².